The summed E-state index contributed by atoms with van der Waals surface area (Å²) in [5.74, 6) is 0. The molecule has 0 unspecified atom stereocenters. The lowest BCUT2D eigenvalue weighted by Crippen LogP contribution is -2.18. The van der Waals surface area contributed by atoms with Gasteiger partial charge in [-0.2, -0.15) is 0 Å². The maximum absolute atomic E-state index is 11.5. The van der Waals surface area contributed by atoms with Crippen LogP contribution < -0.4 is 10.6 Å². The molecule has 4 nitrogen and oxygen atoms in total. The summed E-state index contributed by atoms with van der Waals surface area (Å²) in [7, 11) is -1.37. The molecule has 0 heterocycles. The Morgan fingerprint density at radius 1 is 1.19 bits per heavy atom. The third-order valence-corrected chi connectivity index (χ3v) is 4.68. The predicted octanol–water partition coefficient (Wildman–Crippen LogP) is 2.96. The predicted molar refractivity (Wildman–Crippen MR) is 87.5 cm³/mol. The van der Waals surface area contributed by atoms with E-state index in [1.165, 1.54) is 6.07 Å². The molecule has 2 rings (SSSR count). The van der Waals surface area contributed by atoms with E-state index in [4.69, 9.17) is 17.3 Å². The highest BCUT2D eigenvalue weighted by molar-refractivity contribution is 7.90. The highest BCUT2D eigenvalue weighted by atomic mass is 35.5. The van der Waals surface area contributed by atoms with E-state index in [1.807, 2.05) is 36.2 Å². The average Bonchev–Trinajstić information content (AvgIpc) is 2.40. The Labute approximate surface area is 130 Å². The molecule has 0 fully saturated rings. The van der Waals surface area contributed by atoms with Crippen molar-refractivity contribution in [3.05, 3.63) is 53.1 Å². The van der Waals surface area contributed by atoms with Crippen LogP contribution in [0.3, 0.4) is 0 Å². The van der Waals surface area contributed by atoms with Crippen LogP contribution in [-0.4, -0.2) is 21.7 Å². The molecule has 2 N–H and O–H groups in total. The fourth-order valence-corrected chi connectivity index (χ4v) is 2.93. The molecule has 112 valence electrons. The lowest BCUT2D eigenvalue weighted by atomic mass is 10.2. The fourth-order valence-electron chi connectivity index (χ4n) is 2.08. The molecule has 0 spiro atoms. The Morgan fingerprint density at radius 2 is 1.86 bits per heavy atom. The van der Waals surface area contributed by atoms with E-state index in [0.29, 0.717) is 17.3 Å². The topological polar surface area (TPSA) is 63.4 Å². The second kappa shape index (κ2) is 5.95. The maximum atomic E-state index is 11.5. The number of sulfone groups is 1. The molecule has 21 heavy (non-hydrogen) atoms. The van der Waals surface area contributed by atoms with Gasteiger partial charge in [-0.15, -0.1) is 0 Å². The molecule has 0 aliphatic carbocycles. The fraction of sp³-hybridized carbons (Fsp3) is 0.200. The molecule has 0 amide bonds. The van der Waals surface area contributed by atoms with Crippen LogP contribution in [0, 0.1) is 0 Å². The van der Waals surface area contributed by atoms with Gasteiger partial charge in [-0.25, -0.2) is 8.42 Å². The number of nitrogen functional groups attached to an aromatic ring is 1. The van der Waals surface area contributed by atoms with Crippen molar-refractivity contribution in [1.29, 1.82) is 0 Å². The first-order chi connectivity index (χ1) is 9.79. The Hall–Kier alpha value is -1.72. The number of hydrogen-bond donors (Lipinski definition) is 1. The molecule has 2 aromatic rings. The van der Waals surface area contributed by atoms with Crippen LogP contribution in [0.5, 0.6) is 0 Å². The van der Waals surface area contributed by atoms with E-state index in [2.05, 4.69) is 0 Å². The zero-order valence-electron chi connectivity index (χ0n) is 11.9. The second-order valence-corrected chi connectivity index (χ2v) is 7.36. The summed E-state index contributed by atoms with van der Waals surface area (Å²) in [6.07, 6.45) is 1.16. The molecular formula is C15H17ClN2O2S. The van der Waals surface area contributed by atoms with Crippen molar-refractivity contribution in [3.63, 3.8) is 0 Å². The van der Waals surface area contributed by atoms with E-state index in [-0.39, 0.29) is 4.90 Å². The molecule has 0 saturated heterocycles. The Morgan fingerprint density at radius 3 is 2.43 bits per heavy atom. The Balaban J connectivity index is 2.28. The zero-order chi connectivity index (χ0) is 15.6. The third kappa shape index (κ3) is 3.68. The van der Waals surface area contributed by atoms with Gasteiger partial charge in [0.1, 0.15) is 0 Å². The molecular weight excluding hydrogens is 308 g/mol. The van der Waals surface area contributed by atoms with Crippen molar-refractivity contribution in [2.75, 3.05) is 23.9 Å². The summed E-state index contributed by atoms with van der Waals surface area (Å²) in [6.45, 7) is 0.585. The summed E-state index contributed by atoms with van der Waals surface area (Å²) in [5.41, 5.74) is 8.14. The SMILES string of the molecule is CN(Cc1ccccc1Cl)c1ccc(S(C)(=O)=O)cc1N. The zero-order valence-corrected chi connectivity index (χ0v) is 13.4. The van der Waals surface area contributed by atoms with Gasteiger partial charge in [0, 0.05) is 24.9 Å². The highest BCUT2D eigenvalue weighted by Gasteiger charge is 2.12. The van der Waals surface area contributed by atoms with Gasteiger partial charge in [-0.1, -0.05) is 29.8 Å². The van der Waals surface area contributed by atoms with E-state index in [0.717, 1.165) is 17.5 Å². The molecule has 0 aliphatic heterocycles. The molecule has 0 radical (unpaired) electrons. The minimum Gasteiger partial charge on any atom is -0.397 e. The number of hydrogen-bond acceptors (Lipinski definition) is 4. The first kappa shape index (κ1) is 15.7. The lowest BCUT2D eigenvalue weighted by Gasteiger charge is -2.22. The molecule has 2 aromatic carbocycles. The van der Waals surface area contributed by atoms with Gasteiger partial charge in [0.05, 0.1) is 16.3 Å². The van der Waals surface area contributed by atoms with E-state index in [1.54, 1.807) is 12.1 Å². The lowest BCUT2D eigenvalue weighted by molar-refractivity contribution is 0.602. The van der Waals surface area contributed by atoms with Gasteiger partial charge in [-0.05, 0) is 29.8 Å². The van der Waals surface area contributed by atoms with Crippen molar-refractivity contribution < 1.29 is 8.42 Å². The van der Waals surface area contributed by atoms with E-state index in [9.17, 15) is 8.42 Å². The molecule has 0 saturated carbocycles. The maximum Gasteiger partial charge on any atom is 0.175 e. The van der Waals surface area contributed by atoms with Crippen molar-refractivity contribution in [2.24, 2.45) is 0 Å². The number of nitrogens with zero attached hydrogens (tertiary/aromatic N) is 1. The number of nitrogens with two attached hydrogens (primary N) is 1. The summed E-state index contributed by atoms with van der Waals surface area (Å²) in [4.78, 5) is 2.15. The Kier molecular flexibility index (Phi) is 4.44. The van der Waals surface area contributed by atoms with Crippen molar-refractivity contribution in [3.8, 4) is 0 Å². The average molecular weight is 325 g/mol. The monoisotopic (exact) mass is 324 g/mol. The summed E-state index contributed by atoms with van der Waals surface area (Å²) >= 11 is 6.14. The van der Waals surface area contributed by atoms with Crippen molar-refractivity contribution in [1.82, 2.24) is 0 Å². The molecule has 0 aliphatic rings. The van der Waals surface area contributed by atoms with Gasteiger partial charge in [0.25, 0.3) is 0 Å². The first-order valence-corrected chi connectivity index (χ1v) is 8.60. The van der Waals surface area contributed by atoms with E-state index >= 15 is 0 Å². The minimum absolute atomic E-state index is 0.217. The van der Waals surface area contributed by atoms with Crippen molar-refractivity contribution >= 4 is 32.8 Å². The number of halogens is 1. The number of rotatable bonds is 4. The number of anilines is 2. The number of benzene rings is 2. The second-order valence-electron chi connectivity index (χ2n) is 4.94. The molecule has 0 bridgehead atoms. The van der Waals surface area contributed by atoms with Crippen LogP contribution in [-0.2, 0) is 16.4 Å². The third-order valence-electron chi connectivity index (χ3n) is 3.20. The summed E-state index contributed by atoms with van der Waals surface area (Å²) in [6, 6.07) is 12.3. The van der Waals surface area contributed by atoms with E-state index < -0.39 is 9.84 Å². The van der Waals surface area contributed by atoms with Crippen LogP contribution in [0.25, 0.3) is 0 Å². The van der Waals surface area contributed by atoms with Crippen LogP contribution in [0.4, 0.5) is 11.4 Å². The van der Waals surface area contributed by atoms with Gasteiger partial charge >= 0.3 is 0 Å². The van der Waals surface area contributed by atoms with Crippen LogP contribution in [0.2, 0.25) is 5.02 Å². The highest BCUT2D eigenvalue weighted by Crippen LogP contribution is 2.27. The molecule has 6 heteroatoms. The van der Waals surface area contributed by atoms with Gasteiger partial charge in [-0.3, -0.25) is 0 Å². The Bertz CT molecular complexity index is 760. The van der Waals surface area contributed by atoms with Crippen molar-refractivity contribution in [2.45, 2.75) is 11.4 Å². The van der Waals surface area contributed by atoms with Gasteiger partial charge in [0.2, 0.25) is 0 Å². The molecule has 0 aromatic heterocycles. The molecule has 0 atom stereocenters. The largest absolute Gasteiger partial charge is 0.397 e. The first-order valence-electron chi connectivity index (χ1n) is 6.33. The van der Waals surface area contributed by atoms with Gasteiger partial charge in [0.15, 0.2) is 9.84 Å². The normalized spacial score (nSPS) is 11.4. The van der Waals surface area contributed by atoms with Crippen LogP contribution in [0.1, 0.15) is 5.56 Å². The minimum atomic E-state index is -3.25. The van der Waals surface area contributed by atoms with Crippen LogP contribution >= 0.6 is 11.6 Å². The van der Waals surface area contributed by atoms with Crippen LogP contribution in [0.15, 0.2) is 47.4 Å². The van der Waals surface area contributed by atoms with Gasteiger partial charge < -0.3 is 10.6 Å². The standard InChI is InChI=1S/C15H17ClN2O2S/c1-18(10-11-5-3-4-6-13(11)16)15-8-7-12(9-14(15)17)21(2,19)20/h3-9H,10,17H2,1-2H3. The summed E-state index contributed by atoms with van der Waals surface area (Å²) < 4.78 is 23.0. The smallest absolute Gasteiger partial charge is 0.175 e. The summed E-state index contributed by atoms with van der Waals surface area (Å²) in [5, 5.41) is 0.690. The quantitative estimate of drug-likeness (QED) is 0.878.